The van der Waals surface area contributed by atoms with Gasteiger partial charge in [-0.15, -0.1) is 6.58 Å². The Morgan fingerprint density at radius 3 is 2.38 bits per heavy atom. The molecule has 118 valence electrons. The first-order valence-electron chi connectivity index (χ1n) is 7.75. The average Bonchev–Trinajstić information content (AvgIpc) is 3.01. The zero-order valence-electron chi connectivity index (χ0n) is 12.5. The van der Waals surface area contributed by atoms with E-state index in [1.165, 1.54) is 31.8 Å². The third-order valence-electron chi connectivity index (χ3n) is 4.44. The summed E-state index contributed by atoms with van der Waals surface area (Å²) in [5, 5.41) is 11.6. The van der Waals surface area contributed by atoms with Crippen LogP contribution in [0.1, 0.15) is 32.1 Å². The quantitative estimate of drug-likeness (QED) is 0.750. The Balaban J connectivity index is 1.79. The van der Waals surface area contributed by atoms with Gasteiger partial charge in [-0.3, -0.25) is 4.90 Å². The Morgan fingerprint density at radius 1 is 1.24 bits per heavy atom. The van der Waals surface area contributed by atoms with E-state index in [-0.39, 0.29) is 12.5 Å². The van der Waals surface area contributed by atoms with Gasteiger partial charge in [0.1, 0.15) is 6.04 Å². The Hall–Kier alpha value is -1.56. The Bertz CT molecular complexity index is 386. The van der Waals surface area contributed by atoms with Gasteiger partial charge in [-0.1, -0.05) is 18.9 Å². The Labute approximate surface area is 125 Å². The van der Waals surface area contributed by atoms with Crippen molar-refractivity contribution < 1.29 is 14.7 Å². The molecule has 2 amide bonds. The number of nitrogens with one attached hydrogen (secondary N) is 1. The molecule has 0 aromatic carbocycles. The van der Waals surface area contributed by atoms with Crippen molar-refractivity contribution in [2.45, 2.75) is 44.2 Å². The predicted molar refractivity (Wildman–Crippen MR) is 80.2 cm³/mol. The minimum atomic E-state index is -1.02. The van der Waals surface area contributed by atoms with Gasteiger partial charge in [0.2, 0.25) is 0 Å². The van der Waals surface area contributed by atoms with Gasteiger partial charge in [0.05, 0.1) is 0 Å². The molecule has 0 aromatic rings. The fourth-order valence-corrected chi connectivity index (χ4v) is 3.19. The number of hydrogen-bond acceptors (Lipinski definition) is 3. The summed E-state index contributed by atoms with van der Waals surface area (Å²) in [6, 6.07) is -0.485. The monoisotopic (exact) mass is 295 g/mol. The van der Waals surface area contributed by atoms with Crippen LogP contribution in [0, 0.1) is 0 Å². The number of carbonyl (C=O) groups is 2. The Morgan fingerprint density at radius 2 is 1.86 bits per heavy atom. The van der Waals surface area contributed by atoms with Crippen molar-refractivity contribution >= 4 is 12.0 Å². The lowest BCUT2D eigenvalue weighted by Crippen LogP contribution is -2.55. The number of carboxylic acids is 1. The van der Waals surface area contributed by atoms with E-state index >= 15 is 0 Å². The van der Waals surface area contributed by atoms with Crippen molar-refractivity contribution in [2.75, 3.05) is 26.2 Å². The predicted octanol–water partition coefficient (Wildman–Crippen LogP) is 1.29. The second-order valence-electron chi connectivity index (χ2n) is 5.83. The summed E-state index contributed by atoms with van der Waals surface area (Å²) in [4.78, 5) is 27.3. The number of carbonyl (C=O) groups excluding carboxylic acids is 1. The molecule has 0 spiro atoms. The summed E-state index contributed by atoms with van der Waals surface area (Å²) in [6.45, 7) is 6.63. The van der Waals surface area contributed by atoms with Crippen molar-refractivity contribution in [3.05, 3.63) is 12.7 Å². The second kappa shape index (κ2) is 7.45. The minimum Gasteiger partial charge on any atom is -0.480 e. The van der Waals surface area contributed by atoms with Crippen LogP contribution in [-0.4, -0.2) is 65.2 Å². The standard InChI is InChI=1S/C15H25N3O3/c1-2-5-13(14(19)20)16-15(21)18-10-8-17(9-11-18)12-6-3-4-7-12/h2,12-13H,1,3-11H2,(H,16,21)(H,19,20). The molecule has 21 heavy (non-hydrogen) atoms. The van der Waals surface area contributed by atoms with E-state index < -0.39 is 12.0 Å². The lowest BCUT2D eigenvalue weighted by molar-refractivity contribution is -0.139. The second-order valence-corrected chi connectivity index (χ2v) is 5.83. The maximum atomic E-state index is 12.1. The SMILES string of the molecule is C=CCC(NC(=O)N1CCN(C2CCCC2)CC1)C(=O)O. The number of hydrogen-bond donors (Lipinski definition) is 2. The maximum absolute atomic E-state index is 12.1. The van der Waals surface area contributed by atoms with E-state index in [1.54, 1.807) is 4.90 Å². The summed E-state index contributed by atoms with van der Waals surface area (Å²) in [5.41, 5.74) is 0. The van der Waals surface area contributed by atoms with Gasteiger partial charge in [0, 0.05) is 32.2 Å². The fraction of sp³-hybridized carbons (Fsp3) is 0.733. The van der Waals surface area contributed by atoms with Crippen LogP contribution in [0.2, 0.25) is 0 Å². The van der Waals surface area contributed by atoms with Crippen LogP contribution in [0.15, 0.2) is 12.7 Å². The van der Waals surface area contributed by atoms with Crippen LogP contribution >= 0.6 is 0 Å². The molecule has 1 atom stereocenters. The highest BCUT2D eigenvalue weighted by atomic mass is 16.4. The molecule has 0 radical (unpaired) electrons. The van der Waals surface area contributed by atoms with Crippen molar-refractivity contribution in [3.63, 3.8) is 0 Å². The molecule has 1 heterocycles. The zero-order chi connectivity index (χ0) is 15.2. The van der Waals surface area contributed by atoms with E-state index in [0.29, 0.717) is 19.1 Å². The number of carboxylic acid groups (broad SMARTS) is 1. The first kappa shape index (κ1) is 15.8. The first-order valence-corrected chi connectivity index (χ1v) is 7.75. The van der Waals surface area contributed by atoms with Crippen molar-refractivity contribution in [1.29, 1.82) is 0 Å². The van der Waals surface area contributed by atoms with E-state index in [0.717, 1.165) is 13.1 Å². The van der Waals surface area contributed by atoms with Crippen LogP contribution in [0.25, 0.3) is 0 Å². The average molecular weight is 295 g/mol. The van der Waals surface area contributed by atoms with Crippen molar-refractivity contribution in [1.82, 2.24) is 15.1 Å². The van der Waals surface area contributed by atoms with Crippen LogP contribution < -0.4 is 5.32 Å². The highest BCUT2D eigenvalue weighted by Gasteiger charge is 2.29. The van der Waals surface area contributed by atoms with Gasteiger partial charge in [0.25, 0.3) is 0 Å². The summed E-state index contributed by atoms with van der Waals surface area (Å²) >= 11 is 0. The molecular weight excluding hydrogens is 270 g/mol. The third-order valence-corrected chi connectivity index (χ3v) is 4.44. The van der Waals surface area contributed by atoms with Gasteiger partial charge in [0.15, 0.2) is 0 Å². The third kappa shape index (κ3) is 4.20. The fourth-order valence-electron chi connectivity index (χ4n) is 3.19. The molecule has 2 rings (SSSR count). The number of rotatable bonds is 5. The maximum Gasteiger partial charge on any atom is 0.326 e. The van der Waals surface area contributed by atoms with E-state index in [4.69, 9.17) is 5.11 Å². The lowest BCUT2D eigenvalue weighted by Gasteiger charge is -2.38. The Kier molecular flexibility index (Phi) is 5.61. The molecule has 0 aromatic heterocycles. The molecule has 6 nitrogen and oxygen atoms in total. The first-order chi connectivity index (χ1) is 10.1. The molecule has 2 aliphatic rings. The molecule has 1 saturated heterocycles. The molecule has 0 bridgehead atoms. The number of urea groups is 1. The molecular formula is C15H25N3O3. The van der Waals surface area contributed by atoms with E-state index in [9.17, 15) is 9.59 Å². The van der Waals surface area contributed by atoms with Crippen LogP contribution in [0.4, 0.5) is 4.79 Å². The topological polar surface area (TPSA) is 72.9 Å². The largest absolute Gasteiger partial charge is 0.480 e. The molecule has 2 fully saturated rings. The number of piperazine rings is 1. The molecule has 2 N–H and O–H groups in total. The van der Waals surface area contributed by atoms with Gasteiger partial charge >= 0.3 is 12.0 Å². The van der Waals surface area contributed by atoms with Gasteiger partial charge < -0.3 is 15.3 Å². The molecule has 1 saturated carbocycles. The lowest BCUT2D eigenvalue weighted by atomic mass is 10.2. The van der Waals surface area contributed by atoms with Crippen molar-refractivity contribution in [3.8, 4) is 0 Å². The summed E-state index contributed by atoms with van der Waals surface area (Å²) in [7, 11) is 0. The molecule has 1 unspecified atom stereocenters. The minimum absolute atomic E-state index is 0.239. The van der Waals surface area contributed by atoms with Gasteiger partial charge in [-0.05, 0) is 19.3 Å². The highest BCUT2D eigenvalue weighted by Crippen LogP contribution is 2.24. The van der Waals surface area contributed by atoms with E-state index in [1.807, 2.05) is 0 Å². The summed E-state index contributed by atoms with van der Waals surface area (Å²) in [5.74, 6) is -1.02. The number of nitrogens with zero attached hydrogens (tertiary/aromatic N) is 2. The smallest absolute Gasteiger partial charge is 0.326 e. The zero-order valence-corrected chi connectivity index (χ0v) is 12.5. The summed E-state index contributed by atoms with van der Waals surface area (Å²) in [6.07, 6.45) is 6.92. The number of aliphatic carboxylic acids is 1. The normalized spacial score (nSPS) is 22.0. The highest BCUT2D eigenvalue weighted by molar-refractivity contribution is 5.82. The van der Waals surface area contributed by atoms with Crippen molar-refractivity contribution in [2.24, 2.45) is 0 Å². The summed E-state index contributed by atoms with van der Waals surface area (Å²) < 4.78 is 0. The molecule has 1 aliphatic heterocycles. The van der Waals surface area contributed by atoms with Crippen LogP contribution in [0.5, 0.6) is 0 Å². The van der Waals surface area contributed by atoms with Gasteiger partial charge in [-0.25, -0.2) is 9.59 Å². The molecule has 1 aliphatic carbocycles. The van der Waals surface area contributed by atoms with E-state index in [2.05, 4.69) is 16.8 Å². The molecule has 6 heteroatoms. The van der Waals surface area contributed by atoms with Gasteiger partial charge in [-0.2, -0.15) is 0 Å². The van der Waals surface area contributed by atoms with Crippen LogP contribution in [-0.2, 0) is 4.79 Å². The number of amides is 2. The van der Waals surface area contributed by atoms with Crippen LogP contribution in [0.3, 0.4) is 0 Å².